The van der Waals surface area contributed by atoms with Gasteiger partial charge in [-0.15, -0.1) is 0 Å². The fourth-order valence-corrected chi connectivity index (χ4v) is 20.1. The zero-order valence-corrected chi connectivity index (χ0v) is 70.6. The van der Waals surface area contributed by atoms with Crippen LogP contribution in [0.15, 0.2) is 0 Å². The summed E-state index contributed by atoms with van der Waals surface area (Å²) in [5, 5.41) is 19.8. The number of hydrogen-bond acceptors (Lipinski definition) is 18. The summed E-state index contributed by atoms with van der Waals surface area (Å²) in [6.07, 6.45) is 26.1. The molecule has 0 atom stereocenters. The van der Waals surface area contributed by atoms with Crippen molar-refractivity contribution < 1.29 is 24.2 Å². The van der Waals surface area contributed by atoms with Gasteiger partial charge in [-0.05, 0) is 300 Å². The van der Waals surface area contributed by atoms with Gasteiger partial charge >= 0.3 is 0 Å². The van der Waals surface area contributed by atoms with Crippen LogP contribution >= 0.6 is 0 Å². The maximum atomic E-state index is 6.77. The van der Waals surface area contributed by atoms with Crippen LogP contribution in [0, 0.1) is 0 Å². The van der Waals surface area contributed by atoms with Gasteiger partial charge < -0.3 is 20.4 Å². The monoisotopic (exact) mass is 1410 g/mol. The van der Waals surface area contributed by atoms with E-state index in [1.165, 1.54) is 6.42 Å². The molecule has 18 heteroatoms. The SMILES string of the molecule is CCCCN(c1nc(N(CCCCCCNC2CC(C)(C)N(OCCC)C(C)(C)C2)C2CC(C)(C)N(OCCC)C(C)(C)C2)nc(C(C)(C)N(CCCCCCNC2CC(C)(C)N(OCCC)C(C)(C)C2)C2CC(C)(C)N(OCCC)C(C)(C)C2)n1)C1CC(C)(C)N(OCCC)C(C)(C)C1. The van der Waals surface area contributed by atoms with Crippen LogP contribution < -0.4 is 20.4 Å². The molecule has 5 aliphatic rings. The fourth-order valence-electron chi connectivity index (χ4n) is 20.1. The summed E-state index contributed by atoms with van der Waals surface area (Å²) in [4.78, 5) is 59.4. The molecule has 0 spiro atoms. The lowest BCUT2D eigenvalue weighted by Gasteiger charge is -2.57. The van der Waals surface area contributed by atoms with E-state index in [-0.39, 0.29) is 73.5 Å². The Morgan fingerprint density at radius 2 is 0.590 bits per heavy atom. The highest BCUT2D eigenvalue weighted by atomic mass is 16.7. The Balaban J connectivity index is 1.42. The zero-order valence-electron chi connectivity index (χ0n) is 70.6. The summed E-state index contributed by atoms with van der Waals surface area (Å²) < 4.78 is 0. The minimum absolute atomic E-state index is 0.0424. The molecule has 0 bridgehead atoms. The Bertz CT molecular complexity index is 2480. The van der Waals surface area contributed by atoms with E-state index in [9.17, 15) is 0 Å². The normalized spacial score (nSPS) is 24.0. The molecule has 0 saturated carbocycles. The van der Waals surface area contributed by atoms with E-state index in [4.69, 9.17) is 39.1 Å². The molecule has 5 aliphatic heterocycles. The summed E-state index contributed by atoms with van der Waals surface area (Å²) in [5.41, 5.74) is -2.17. The third kappa shape index (κ3) is 22.6. The number of aromatic nitrogens is 3. The molecule has 0 unspecified atom stereocenters. The number of anilines is 2. The van der Waals surface area contributed by atoms with Crippen molar-refractivity contribution in [3.8, 4) is 0 Å². The van der Waals surface area contributed by atoms with Crippen LogP contribution in [0.4, 0.5) is 11.9 Å². The highest BCUT2D eigenvalue weighted by molar-refractivity contribution is 5.43. The third-order valence-electron chi connectivity index (χ3n) is 23.0. The van der Waals surface area contributed by atoms with E-state index in [2.05, 4.69) is 245 Å². The highest BCUT2D eigenvalue weighted by Crippen LogP contribution is 2.48. The molecule has 0 amide bonds. The Labute approximate surface area is 615 Å². The van der Waals surface area contributed by atoms with Gasteiger partial charge in [-0.2, -0.15) is 40.3 Å². The number of hydroxylamine groups is 10. The Morgan fingerprint density at radius 3 is 0.880 bits per heavy atom. The number of nitrogens with one attached hydrogen (secondary N) is 2. The topological polar surface area (TPSA) is 135 Å². The third-order valence-corrected chi connectivity index (χ3v) is 23.0. The van der Waals surface area contributed by atoms with Crippen molar-refractivity contribution in [1.82, 2.24) is 55.8 Å². The second kappa shape index (κ2) is 36.3. The van der Waals surface area contributed by atoms with Crippen molar-refractivity contribution in [3.05, 3.63) is 5.82 Å². The molecule has 1 aromatic rings. The van der Waals surface area contributed by atoms with Gasteiger partial charge in [0.2, 0.25) is 11.9 Å². The van der Waals surface area contributed by atoms with E-state index in [0.717, 1.165) is 218 Å². The second-order valence-electron chi connectivity index (χ2n) is 38.6. The van der Waals surface area contributed by atoms with Gasteiger partial charge in [-0.3, -0.25) is 29.1 Å². The predicted octanol–water partition coefficient (Wildman–Crippen LogP) is 17.9. The molecular weight excluding hydrogens is 1250 g/mol. The van der Waals surface area contributed by atoms with Crippen LogP contribution in [0.25, 0.3) is 0 Å². The van der Waals surface area contributed by atoms with Crippen molar-refractivity contribution in [2.75, 3.05) is 75.6 Å². The molecule has 0 aromatic carbocycles. The number of nitrogens with zero attached hydrogens (tertiary/aromatic N) is 11. The minimum Gasteiger partial charge on any atom is -0.338 e. The standard InChI is InChI=1S/C82H161N13O5/c1-29-35-46-88(66-58-76(15,16)93(98-51-32-4)77(17,18)59-66)70-85-69(82(27,28)90(68-62-80(23,24)95(100-53-34-6)81(25,26)63-68)48-43-39-37-41-45-84-65-56-74(11,12)92(97-50-31-3)75(13,14)57-65)86-71(87-70)89(67-60-78(19,20)94(99-52-33-5)79(21,22)61-67)47-42-38-36-40-44-83-64-54-72(7,8)91(96-49-30-2)73(9,10)55-64/h64-68,83-84H,29-63H2,1-28H3. The fraction of sp³-hybridized carbons (Fsp3) is 0.963. The van der Waals surface area contributed by atoms with Gasteiger partial charge in [0.05, 0.1) is 38.6 Å². The molecule has 6 rings (SSSR count). The Kier molecular flexibility index (Phi) is 31.6. The maximum absolute atomic E-state index is 6.77. The maximum Gasteiger partial charge on any atom is 0.230 e. The van der Waals surface area contributed by atoms with E-state index >= 15 is 0 Å². The zero-order chi connectivity index (χ0) is 74.6. The first-order valence-electron chi connectivity index (χ1n) is 41.2. The van der Waals surface area contributed by atoms with Crippen LogP contribution in [0.2, 0.25) is 0 Å². The van der Waals surface area contributed by atoms with Gasteiger partial charge in [0.25, 0.3) is 0 Å². The quantitative estimate of drug-likeness (QED) is 0.0602. The Morgan fingerprint density at radius 1 is 0.330 bits per heavy atom. The smallest absolute Gasteiger partial charge is 0.230 e. The van der Waals surface area contributed by atoms with Gasteiger partial charge in [-0.1, -0.05) is 73.6 Å². The molecule has 6 heterocycles. The molecule has 0 radical (unpaired) electrons. The van der Waals surface area contributed by atoms with Crippen LogP contribution in [0.5, 0.6) is 0 Å². The highest BCUT2D eigenvalue weighted by Gasteiger charge is 2.54. The summed E-state index contributed by atoms with van der Waals surface area (Å²) in [6.45, 7) is 74.4. The summed E-state index contributed by atoms with van der Waals surface area (Å²) in [5.74, 6) is 2.54. The van der Waals surface area contributed by atoms with Crippen LogP contribution in [0.1, 0.15) is 360 Å². The second-order valence-corrected chi connectivity index (χ2v) is 38.6. The van der Waals surface area contributed by atoms with E-state index in [0.29, 0.717) is 31.9 Å². The minimum atomic E-state index is -0.586. The number of unbranched alkanes of at least 4 members (excludes halogenated alkanes) is 7. The Hall–Kier alpha value is -1.91. The van der Waals surface area contributed by atoms with E-state index in [1.54, 1.807) is 0 Å². The van der Waals surface area contributed by atoms with Gasteiger partial charge in [0.1, 0.15) is 0 Å². The number of hydrogen-bond donors (Lipinski definition) is 2. The molecule has 2 N–H and O–H groups in total. The van der Waals surface area contributed by atoms with Crippen molar-refractivity contribution in [2.24, 2.45) is 0 Å². The lowest BCUT2D eigenvalue weighted by molar-refractivity contribution is -0.290. The average Bonchev–Trinajstić information content (AvgIpc) is 0.798. The molecule has 584 valence electrons. The molecule has 18 nitrogen and oxygen atoms in total. The van der Waals surface area contributed by atoms with Crippen molar-refractivity contribution in [1.29, 1.82) is 0 Å². The van der Waals surface area contributed by atoms with Crippen LogP contribution in [-0.4, -0.2) is 197 Å². The van der Waals surface area contributed by atoms with Gasteiger partial charge in [-0.25, -0.2) is 0 Å². The number of rotatable bonds is 41. The first kappa shape index (κ1) is 87.0. The first-order valence-corrected chi connectivity index (χ1v) is 41.2. The average molecular weight is 1410 g/mol. The number of piperidine rings is 5. The molecule has 5 saturated heterocycles. The van der Waals surface area contributed by atoms with E-state index < -0.39 is 5.54 Å². The van der Waals surface area contributed by atoms with Crippen LogP contribution in [0.3, 0.4) is 0 Å². The van der Waals surface area contributed by atoms with Gasteiger partial charge in [0, 0.05) is 98.7 Å². The lowest BCUT2D eigenvalue weighted by atomic mass is 9.77. The largest absolute Gasteiger partial charge is 0.338 e. The van der Waals surface area contributed by atoms with Crippen LogP contribution in [-0.2, 0) is 29.7 Å². The summed E-state index contributed by atoms with van der Waals surface area (Å²) >= 11 is 0. The molecular formula is C82H161N13O5. The van der Waals surface area contributed by atoms with E-state index in [1.807, 2.05) is 0 Å². The van der Waals surface area contributed by atoms with Crippen molar-refractivity contribution in [2.45, 2.75) is 446 Å². The predicted molar refractivity (Wildman–Crippen MR) is 418 cm³/mol. The summed E-state index contributed by atoms with van der Waals surface area (Å²) in [7, 11) is 0. The van der Waals surface area contributed by atoms with Gasteiger partial charge in [0.15, 0.2) is 5.82 Å². The van der Waals surface area contributed by atoms with Crippen molar-refractivity contribution in [3.63, 3.8) is 0 Å². The first-order chi connectivity index (χ1) is 46.5. The molecule has 0 aliphatic carbocycles. The molecule has 1 aromatic heterocycles. The molecule has 5 fully saturated rings. The summed E-state index contributed by atoms with van der Waals surface area (Å²) in [6, 6.07) is 1.48. The van der Waals surface area contributed by atoms with Crippen molar-refractivity contribution >= 4 is 11.9 Å². The lowest BCUT2D eigenvalue weighted by Crippen LogP contribution is -2.66. The molecule has 100 heavy (non-hydrogen) atoms.